The number of carbonyl (C=O) groups is 1. The summed E-state index contributed by atoms with van der Waals surface area (Å²) in [7, 11) is 1.70. The fourth-order valence-corrected chi connectivity index (χ4v) is 3.58. The molecular weight excluding hydrogens is 346 g/mol. The Morgan fingerprint density at radius 2 is 1.81 bits per heavy atom. The number of hydrogen-bond acceptors (Lipinski definition) is 4. The Kier molecular flexibility index (Phi) is 7.63. The third kappa shape index (κ3) is 7.15. The number of rotatable bonds is 5. The van der Waals surface area contributed by atoms with Crippen LogP contribution in [-0.4, -0.2) is 55.6 Å². The minimum absolute atomic E-state index is 0.0514. The summed E-state index contributed by atoms with van der Waals surface area (Å²) < 4.78 is 0. The number of carbonyl (C=O) groups excluding carboxylic acids is 1. The zero-order valence-corrected chi connectivity index (χ0v) is 17.1. The first kappa shape index (κ1) is 20.4. The van der Waals surface area contributed by atoms with Crippen molar-refractivity contribution in [3.8, 4) is 0 Å². The number of amides is 1. The van der Waals surface area contributed by atoms with Gasteiger partial charge in [-0.3, -0.25) is 9.79 Å². The molecule has 144 valence electrons. The van der Waals surface area contributed by atoms with Crippen molar-refractivity contribution in [1.29, 1.82) is 0 Å². The summed E-state index contributed by atoms with van der Waals surface area (Å²) in [6.07, 6.45) is 0. The smallest absolute Gasteiger partial charge is 0.239 e. The number of guanidine groups is 1. The van der Waals surface area contributed by atoms with E-state index in [-0.39, 0.29) is 18.0 Å². The van der Waals surface area contributed by atoms with Gasteiger partial charge in [0.2, 0.25) is 5.91 Å². The molecule has 0 radical (unpaired) electrons. The van der Waals surface area contributed by atoms with Crippen molar-refractivity contribution in [2.24, 2.45) is 4.99 Å². The van der Waals surface area contributed by atoms with E-state index in [1.54, 1.807) is 7.05 Å². The molecule has 1 amide bonds. The highest BCUT2D eigenvalue weighted by molar-refractivity contribution is 7.99. The minimum atomic E-state index is -0.232. The highest BCUT2D eigenvalue weighted by atomic mass is 32.2. The average Bonchev–Trinajstić information content (AvgIpc) is 2.61. The first-order chi connectivity index (χ1) is 12.4. The SMILES string of the molecule is CN=C(NCC(=O)NC(C)(C)C)NCc1ccc(N2CCSCC2)cc1. The van der Waals surface area contributed by atoms with Gasteiger partial charge in [-0.2, -0.15) is 11.8 Å². The van der Waals surface area contributed by atoms with E-state index in [1.165, 1.54) is 22.8 Å². The predicted molar refractivity (Wildman–Crippen MR) is 112 cm³/mol. The van der Waals surface area contributed by atoms with Crippen LogP contribution in [0.1, 0.15) is 26.3 Å². The third-order valence-electron chi connectivity index (χ3n) is 3.93. The number of anilines is 1. The summed E-state index contributed by atoms with van der Waals surface area (Å²) in [5, 5.41) is 9.21. The molecule has 0 atom stereocenters. The summed E-state index contributed by atoms with van der Waals surface area (Å²) in [5.74, 6) is 2.97. The average molecular weight is 378 g/mol. The Morgan fingerprint density at radius 1 is 1.15 bits per heavy atom. The summed E-state index contributed by atoms with van der Waals surface area (Å²) in [5.41, 5.74) is 2.24. The van der Waals surface area contributed by atoms with Crippen molar-refractivity contribution >= 4 is 29.3 Å². The second-order valence-electron chi connectivity index (χ2n) is 7.34. The number of nitrogens with zero attached hydrogens (tertiary/aromatic N) is 2. The number of nitrogens with one attached hydrogen (secondary N) is 3. The molecule has 0 spiro atoms. The zero-order chi connectivity index (χ0) is 19.0. The van der Waals surface area contributed by atoms with Crippen molar-refractivity contribution in [3.05, 3.63) is 29.8 Å². The molecule has 1 aromatic carbocycles. The van der Waals surface area contributed by atoms with Gasteiger partial charge in [-0.25, -0.2) is 0 Å². The molecule has 0 unspecified atom stereocenters. The molecule has 0 aromatic heterocycles. The van der Waals surface area contributed by atoms with Gasteiger partial charge in [0.05, 0.1) is 6.54 Å². The fraction of sp³-hybridized carbons (Fsp3) is 0.579. The van der Waals surface area contributed by atoms with Gasteiger partial charge in [0.1, 0.15) is 0 Å². The maximum atomic E-state index is 11.9. The zero-order valence-electron chi connectivity index (χ0n) is 16.3. The largest absolute Gasteiger partial charge is 0.370 e. The molecule has 6 nitrogen and oxygen atoms in total. The van der Waals surface area contributed by atoms with Gasteiger partial charge >= 0.3 is 0 Å². The lowest BCUT2D eigenvalue weighted by Gasteiger charge is -2.28. The van der Waals surface area contributed by atoms with Gasteiger partial charge in [-0.15, -0.1) is 0 Å². The number of thioether (sulfide) groups is 1. The van der Waals surface area contributed by atoms with Crippen LogP contribution in [0.4, 0.5) is 5.69 Å². The van der Waals surface area contributed by atoms with Crippen molar-refractivity contribution in [3.63, 3.8) is 0 Å². The van der Waals surface area contributed by atoms with Crippen LogP contribution in [0.5, 0.6) is 0 Å². The highest BCUT2D eigenvalue weighted by Crippen LogP contribution is 2.19. The van der Waals surface area contributed by atoms with E-state index in [4.69, 9.17) is 0 Å². The Bertz CT molecular complexity index is 603. The van der Waals surface area contributed by atoms with Gasteiger partial charge in [0.15, 0.2) is 5.96 Å². The van der Waals surface area contributed by atoms with Gasteiger partial charge in [-0.05, 0) is 38.5 Å². The van der Waals surface area contributed by atoms with Gasteiger partial charge < -0.3 is 20.9 Å². The normalized spacial score (nSPS) is 15.5. The lowest BCUT2D eigenvalue weighted by Crippen LogP contribution is -2.48. The molecule has 3 N–H and O–H groups in total. The Hall–Kier alpha value is -1.89. The fourth-order valence-electron chi connectivity index (χ4n) is 2.68. The van der Waals surface area contributed by atoms with E-state index in [0.29, 0.717) is 12.5 Å². The van der Waals surface area contributed by atoms with Crippen LogP contribution in [0, 0.1) is 0 Å². The monoisotopic (exact) mass is 377 g/mol. The van der Waals surface area contributed by atoms with Gasteiger partial charge in [0, 0.05) is 49.4 Å². The van der Waals surface area contributed by atoms with Crippen LogP contribution in [0.2, 0.25) is 0 Å². The van der Waals surface area contributed by atoms with Crippen LogP contribution in [0.15, 0.2) is 29.3 Å². The summed E-state index contributed by atoms with van der Waals surface area (Å²) >= 11 is 2.02. The molecule has 1 aliphatic heterocycles. The molecule has 0 aliphatic carbocycles. The number of hydrogen-bond donors (Lipinski definition) is 3. The minimum Gasteiger partial charge on any atom is -0.370 e. The third-order valence-corrected chi connectivity index (χ3v) is 4.87. The van der Waals surface area contributed by atoms with Crippen molar-refractivity contribution in [1.82, 2.24) is 16.0 Å². The van der Waals surface area contributed by atoms with E-state index < -0.39 is 0 Å². The van der Waals surface area contributed by atoms with E-state index >= 15 is 0 Å². The molecule has 26 heavy (non-hydrogen) atoms. The molecule has 0 saturated carbocycles. The standard InChI is InChI=1S/C19H31N5OS/c1-19(2,3)23-17(25)14-22-18(20-4)21-13-15-5-7-16(8-6-15)24-9-11-26-12-10-24/h5-8H,9-14H2,1-4H3,(H,23,25)(H2,20,21,22). The second kappa shape index (κ2) is 9.71. The molecule has 1 aromatic rings. The molecule has 0 bridgehead atoms. The first-order valence-corrected chi connectivity index (χ1v) is 10.2. The Morgan fingerprint density at radius 3 is 2.38 bits per heavy atom. The van der Waals surface area contributed by atoms with Crippen LogP contribution in [0.3, 0.4) is 0 Å². The maximum Gasteiger partial charge on any atom is 0.239 e. The van der Waals surface area contributed by atoms with E-state index in [1.807, 2.05) is 32.5 Å². The molecule has 2 rings (SSSR count). The Labute approximate surface area is 161 Å². The van der Waals surface area contributed by atoms with Crippen LogP contribution < -0.4 is 20.9 Å². The molecule has 1 aliphatic rings. The lowest BCUT2D eigenvalue weighted by molar-refractivity contribution is -0.121. The van der Waals surface area contributed by atoms with Gasteiger partial charge in [0.25, 0.3) is 0 Å². The number of aliphatic imine (C=N–C) groups is 1. The maximum absolute atomic E-state index is 11.9. The van der Waals surface area contributed by atoms with Crippen molar-refractivity contribution in [2.75, 3.05) is 43.1 Å². The second-order valence-corrected chi connectivity index (χ2v) is 8.57. The molecule has 1 heterocycles. The van der Waals surface area contributed by atoms with E-state index in [0.717, 1.165) is 13.1 Å². The molecule has 1 fully saturated rings. The lowest BCUT2D eigenvalue weighted by atomic mass is 10.1. The van der Waals surface area contributed by atoms with Gasteiger partial charge in [-0.1, -0.05) is 12.1 Å². The van der Waals surface area contributed by atoms with E-state index in [2.05, 4.69) is 50.1 Å². The van der Waals surface area contributed by atoms with Crippen molar-refractivity contribution in [2.45, 2.75) is 32.9 Å². The van der Waals surface area contributed by atoms with Crippen LogP contribution >= 0.6 is 11.8 Å². The Balaban J connectivity index is 1.78. The van der Waals surface area contributed by atoms with Crippen LogP contribution in [0.25, 0.3) is 0 Å². The van der Waals surface area contributed by atoms with Crippen molar-refractivity contribution < 1.29 is 4.79 Å². The highest BCUT2D eigenvalue weighted by Gasteiger charge is 2.14. The summed E-state index contributed by atoms with van der Waals surface area (Å²) in [4.78, 5) is 18.5. The first-order valence-electron chi connectivity index (χ1n) is 9.04. The van der Waals surface area contributed by atoms with E-state index in [9.17, 15) is 4.79 Å². The topological polar surface area (TPSA) is 68.8 Å². The quantitative estimate of drug-likeness (QED) is 0.539. The molecule has 7 heteroatoms. The molecular formula is C19H31N5OS. The number of benzene rings is 1. The predicted octanol–water partition coefficient (Wildman–Crippen LogP) is 1.82. The summed E-state index contributed by atoms with van der Waals surface area (Å²) in [6.45, 7) is 8.99. The summed E-state index contributed by atoms with van der Waals surface area (Å²) in [6, 6.07) is 8.65. The molecule has 1 saturated heterocycles. The van der Waals surface area contributed by atoms with Crippen LogP contribution in [-0.2, 0) is 11.3 Å².